The lowest BCUT2D eigenvalue weighted by molar-refractivity contribution is -0.000505. The van der Waals surface area contributed by atoms with Gasteiger partial charge in [-0.15, -0.1) is 0 Å². The summed E-state index contributed by atoms with van der Waals surface area (Å²) in [5, 5.41) is 17.4. The smallest absolute Gasteiger partial charge is 0.450 e. The fourth-order valence-electron chi connectivity index (χ4n) is 1.53. The Morgan fingerprint density at radius 3 is 2.52 bits per heavy atom. The number of carboxylic acid groups (broad SMARTS) is 2. The van der Waals surface area contributed by atoms with Crippen molar-refractivity contribution in [2.24, 2.45) is 0 Å². The van der Waals surface area contributed by atoms with Crippen molar-refractivity contribution in [1.29, 1.82) is 0 Å². The molecule has 0 fully saturated rings. The van der Waals surface area contributed by atoms with Crippen LogP contribution in [0.25, 0.3) is 11.1 Å². The number of aromatic nitrogens is 1. The molecule has 1 aromatic heterocycles. The predicted molar refractivity (Wildman–Crippen MR) is 71.3 cm³/mol. The Morgan fingerprint density at radius 2 is 1.90 bits per heavy atom. The zero-order valence-electron chi connectivity index (χ0n) is 10.8. The molecule has 0 saturated carbocycles. The highest BCUT2D eigenvalue weighted by Gasteiger charge is 2.28. The van der Waals surface area contributed by atoms with Crippen LogP contribution in [-0.2, 0) is 9.47 Å². The molecule has 0 aliphatic heterocycles. The topological polar surface area (TPSA) is 119 Å². The predicted octanol–water partition coefficient (Wildman–Crippen LogP) is 3.02. The fourth-order valence-corrected chi connectivity index (χ4v) is 2.40. The monoisotopic (exact) mass is 313 g/mol. The Bertz CT molecular complexity index is 623. The molecule has 0 spiro atoms. The van der Waals surface area contributed by atoms with Crippen molar-refractivity contribution in [2.75, 3.05) is 0 Å². The lowest BCUT2D eigenvalue weighted by atomic mass is 10.3. The number of oxazole rings is 1. The van der Waals surface area contributed by atoms with Crippen molar-refractivity contribution < 1.29 is 33.7 Å². The Labute approximate surface area is 122 Å². The van der Waals surface area contributed by atoms with Gasteiger partial charge in [0.1, 0.15) is 11.6 Å². The number of carbonyl (C=O) groups is 2. The van der Waals surface area contributed by atoms with Crippen molar-refractivity contribution in [3.8, 4) is 0 Å². The van der Waals surface area contributed by atoms with Gasteiger partial charge in [0, 0.05) is 0 Å². The van der Waals surface area contributed by atoms with E-state index in [0.717, 1.165) is 11.8 Å². The molecule has 2 atom stereocenters. The van der Waals surface area contributed by atoms with E-state index in [1.54, 1.807) is 24.3 Å². The molecule has 0 aliphatic carbocycles. The third kappa shape index (κ3) is 4.02. The van der Waals surface area contributed by atoms with E-state index in [1.165, 1.54) is 6.92 Å². The minimum atomic E-state index is -1.55. The molecule has 1 heterocycles. The van der Waals surface area contributed by atoms with E-state index < -0.39 is 23.9 Å². The molecule has 1 aromatic carbocycles. The molecule has 0 amide bonds. The minimum Gasteiger partial charge on any atom is -0.450 e. The Kier molecular flexibility index (Phi) is 4.53. The van der Waals surface area contributed by atoms with E-state index >= 15 is 0 Å². The molecule has 2 aromatic rings. The normalized spacial score (nSPS) is 13.6. The van der Waals surface area contributed by atoms with Crippen LogP contribution in [-0.4, -0.2) is 39.0 Å². The Balaban J connectivity index is 2.16. The molecule has 2 unspecified atom stereocenters. The largest absolute Gasteiger partial charge is 0.507 e. The van der Waals surface area contributed by atoms with Gasteiger partial charge in [0.25, 0.3) is 5.22 Å². The summed E-state index contributed by atoms with van der Waals surface area (Å²) in [6, 6.07) is 6.98. The van der Waals surface area contributed by atoms with Crippen molar-refractivity contribution in [1.82, 2.24) is 4.98 Å². The Hall–Kier alpha value is -2.42. The van der Waals surface area contributed by atoms with Gasteiger partial charge in [-0.2, -0.15) is 0 Å². The van der Waals surface area contributed by atoms with Gasteiger partial charge < -0.3 is 24.1 Å². The van der Waals surface area contributed by atoms with Crippen LogP contribution in [0.15, 0.2) is 33.9 Å². The second kappa shape index (κ2) is 6.35. The number of nitrogens with zero attached hydrogens (tertiary/aromatic N) is 1. The average molecular weight is 313 g/mol. The summed E-state index contributed by atoms with van der Waals surface area (Å²) in [6.07, 6.45) is -4.11. The van der Waals surface area contributed by atoms with Crippen LogP contribution in [0.2, 0.25) is 0 Å². The number of rotatable bonds is 5. The number of fused-ring (bicyclic) bond motifs is 1. The number of para-hydroxylation sites is 2. The van der Waals surface area contributed by atoms with Crippen LogP contribution < -0.4 is 0 Å². The number of hydrogen-bond acceptors (Lipinski definition) is 7. The van der Waals surface area contributed by atoms with Crippen molar-refractivity contribution in [3.63, 3.8) is 0 Å². The van der Waals surface area contributed by atoms with Crippen LogP contribution >= 0.6 is 11.8 Å². The summed E-state index contributed by atoms with van der Waals surface area (Å²) < 4.78 is 14.5. The lowest BCUT2D eigenvalue weighted by Gasteiger charge is -2.19. The first-order valence-electron chi connectivity index (χ1n) is 5.77. The molecule has 2 rings (SSSR count). The minimum absolute atomic E-state index is 0.156. The van der Waals surface area contributed by atoms with Gasteiger partial charge in [0.15, 0.2) is 11.0 Å². The second-order valence-electron chi connectivity index (χ2n) is 3.91. The maximum atomic E-state index is 10.7. The van der Waals surface area contributed by atoms with Crippen molar-refractivity contribution >= 4 is 35.2 Å². The van der Waals surface area contributed by atoms with Gasteiger partial charge in [0.05, 0.1) is 0 Å². The number of ether oxygens (including phenoxy) is 2. The van der Waals surface area contributed by atoms with E-state index in [2.05, 4.69) is 14.5 Å². The molecular formula is C12H11NO7S. The third-order valence-corrected chi connectivity index (χ3v) is 3.47. The van der Waals surface area contributed by atoms with E-state index in [9.17, 15) is 9.59 Å². The maximum Gasteiger partial charge on any atom is 0.507 e. The van der Waals surface area contributed by atoms with Crippen molar-refractivity contribution in [3.05, 3.63) is 24.3 Å². The standard InChI is InChI=1S/C12H11NO7S/c1-6(18-11(14)15)9(20-12(16)17)21-10-13-7-4-2-3-5-8(7)19-10/h2-6,9H,1H3,(H,14,15)(H,16,17). The number of benzene rings is 1. The van der Waals surface area contributed by atoms with E-state index in [1.807, 2.05) is 0 Å². The Morgan fingerprint density at radius 1 is 1.24 bits per heavy atom. The summed E-state index contributed by atoms with van der Waals surface area (Å²) in [5.41, 5.74) is -0.00609. The molecule has 8 nitrogen and oxygen atoms in total. The molecule has 9 heteroatoms. The van der Waals surface area contributed by atoms with Gasteiger partial charge in [0.2, 0.25) is 0 Å². The summed E-state index contributed by atoms with van der Waals surface area (Å²) in [7, 11) is 0. The summed E-state index contributed by atoms with van der Waals surface area (Å²) in [5.74, 6) is 0. The van der Waals surface area contributed by atoms with Crippen molar-refractivity contribution in [2.45, 2.75) is 23.7 Å². The first-order chi connectivity index (χ1) is 9.95. The van der Waals surface area contributed by atoms with Gasteiger partial charge in [-0.3, -0.25) is 0 Å². The maximum absolute atomic E-state index is 10.7. The van der Waals surface area contributed by atoms with Gasteiger partial charge in [-0.25, -0.2) is 14.6 Å². The van der Waals surface area contributed by atoms with Gasteiger partial charge in [-0.1, -0.05) is 12.1 Å². The summed E-state index contributed by atoms with van der Waals surface area (Å²) in [4.78, 5) is 25.3. The van der Waals surface area contributed by atoms with E-state index in [4.69, 9.17) is 14.6 Å². The zero-order chi connectivity index (χ0) is 15.4. The van der Waals surface area contributed by atoms with E-state index in [0.29, 0.717) is 11.1 Å². The number of thioether (sulfide) groups is 1. The molecular weight excluding hydrogens is 302 g/mol. The molecule has 21 heavy (non-hydrogen) atoms. The molecule has 0 radical (unpaired) electrons. The fraction of sp³-hybridized carbons (Fsp3) is 0.250. The number of hydrogen-bond donors (Lipinski definition) is 2. The lowest BCUT2D eigenvalue weighted by Crippen LogP contribution is -2.29. The molecule has 0 bridgehead atoms. The molecule has 112 valence electrons. The quantitative estimate of drug-likeness (QED) is 0.487. The highest BCUT2D eigenvalue weighted by molar-refractivity contribution is 7.99. The van der Waals surface area contributed by atoms with Crippen LogP contribution in [0.5, 0.6) is 0 Å². The first-order valence-corrected chi connectivity index (χ1v) is 6.65. The first kappa shape index (κ1) is 15.0. The van der Waals surface area contributed by atoms with Gasteiger partial charge >= 0.3 is 12.3 Å². The molecule has 0 aliphatic rings. The molecule has 2 N–H and O–H groups in total. The third-order valence-electron chi connectivity index (χ3n) is 2.38. The SMILES string of the molecule is CC(OC(=O)O)C(OC(=O)O)Sc1nc2ccccc2o1. The highest BCUT2D eigenvalue weighted by atomic mass is 32.2. The van der Waals surface area contributed by atoms with E-state index in [-0.39, 0.29) is 5.22 Å². The average Bonchev–Trinajstić information content (AvgIpc) is 2.78. The summed E-state index contributed by atoms with van der Waals surface area (Å²) >= 11 is 0.824. The highest BCUT2D eigenvalue weighted by Crippen LogP contribution is 2.29. The van der Waals surface area contributed by atoms with Crippen LogP contribution in [0, 0.1) is 0 Å². The molecule has 0 saturated heterocycles. The second-order valence-corrected chi connectivity index (χ2v) is 4.96. The van der Waals surface area contributed by atoms with Crippen LogP contribution in [0.1, 0.15) is 6.92 Å². The van der Waals surface area contributed by atoms with Crippen LogP contribution in [0.3, 0.4) is 0 Å². The zero-order valence-corrected chi connectivity index (χ0v) is 11.6. The summed E-state index contributed by atoms with van der Waals surface area (Å²) in [6.45, 7) is 1.37. The van der Waals surface area contributed by atoms with Crippen LogP contribution in [0.4, 0.5) is 9.59 Å². The van der Waals surface area contributed by atoms with Gasteiger partial charge in [-0.05, 0) is 30.8 Å².